The number of hydrogen-bond acceptors (Lipinski definition) is 5. The van der Waals surface area contributed by atoms with Crippen LogP contribution >= 0.6 is 0 Å². The summed E-state index contributed by atoms with van der Waals surface area (Å²) in [5, 5.41) is 29.5. The second-order valence-electron chi connectivity index (χ2n) is 5.62. The minimum absolute atomic E-state index is 0.0235. The molecular weight excluding hydrogens is 260 g/mol. The maximum Gasteiger partial charge on any atom is 0.225 e. The molecule has 0 bridgehead atoms. The van der Waals surface area contributed by atoms with E-state index in [0.717, 1.165) is 16.7 Å². The van der Waals surface area contributed by atoms with Crippen molar-refractivity contribution >= 4 is 0 Å². The number of aryl methyl sites for hydroxylation is 1. The van der Waals surface area contributed by atoms with E-state index in [4.69, 9.17) is 14.6 Å². The van der Waals surface area contributed by atoms with E-state index in [-0.39, 0.29) is 12.7 Å². The predicted octanol–water partition coefficient (Wildman–Crippen LogP) is 0.571. The first-order valence-electron chi connectivity index (χ1n) is 6.95. The Labute approximate surface area is 117 Å². The minimum atomic E-state index is -1.31. The van der Waals surface area contributed by atoms with Crippen LogP contribution in [0.25, 0.3) is 0 Å². The molecule has 2 aliphatic rings. The van der Waals surface area contributed by atoms with Crippen LogP contribution in [0.2, 0.25) is 0 Å². The predicted molar refractivity (Wildman–Crippen MR) is 70.9 cm³/mol. The number of fused-ring (bicyclic) bond motifs is 2. The highest BCUT2D eigenvalue weighted by Crippen LogP contribution is 2.46. The van der Waals surface area contributed by atoms with Crippen LogP contribution in [0.1, 0.15) is 29.5 Å². The second kappa shape index (κ2) is 5.09. The lowest BCUT2D eigenvalue weighted by Crippen LogP contribution is -2.55. The maximum absolute atomic E-state index is 10.4. The zero-order chi connectivity index (χ0) is 14.3. The summed E-state index contributed by atoms with van der Waals surface area (Å²) < 4.78 is 11.7. The van der Waals surface area contributed by atoms with Gasteiger partial charge in [0.05, 0.1) is 18.8 Å². The minimum Gasteiger partial charge on any atom is -0.396 e. The van der Waals surface area contributed by atoms with Gasteiger partial charge < -0.3 is 24.8 Å². The molecule has 1 fully saturated rings. The molecule has 20 heavy (non-hydrogen) atoms. The van der Waals surface area contributed by atoms with Crippen molar-refractivity contribution in [1.82, 2.24) is 0 Å². The van der Waals surface area contributed by atoms with Gasteiger partial charge in [0.1, 0.15) is 6.10 Å². The second-order valence-corrected chi connectivity index (χ2v) is 5.62. The van der Waals surface area contributed by atoms with Gasteiger partial charge in [0.25, 0.3) is 0 Å². The lowest BCUT2D eigenvalue weighted by Gasteiger charge is -2.44. The first kappa shape index (κ1) is 14.0. The Bertz CT molecular complexity index is 503. The van der Waals surface area contributed by atoms with Crippen molar-refractivity contribution in [2.24, 2.45) is 0 Å². The Balaban J connectivity index is 1.99. The van der Waals surface area contributed by atoms with Gasteiger partial charge in [0.15, 0.2) is 0 Å². The van der Waals surface area contributed by atoms with Crippen molar-refractivity contribution < 1.29 is 24.8 Å². The van der Waals surface area contributed by atoms with Gasteiger partial charge in [-0.2, -0.15) is 0 Å². The molecule has 0 unspecified atom stereocenters. The molecule has 0 amide bonds. The molecule has 0 aromatic heterocycles. The van der Waals surface area contributed by atoms with E-state index in [9.17, 15) is 10.2 Å². The number of aliphatic hydroxyl groups excluding tert-OH is 3. The summed E-state index contributed by atoms with van der Waals surface area (Å²) in [5.41, 5.74) is 2.86. The van der Waals surface area contributed by atoms with Crippen molar-refractivity contribution in [3.8, 4) is 0 Å². The van der Waals surface area contributed by atoms with Gasteiger partial charge in [-0.15, -0.1) is 0 Å². The third-order valence-corrected chi connectivity index (χ3v) is 4.13. The normalized spacial score (nSPS) is 36.3. The van der Waals surface area contributed by atoms with E-state index in [2.05, 4.69) is 0 Å². The summed E-state index contributed by atoms with van der Waals surface area (Å²) in [5.74, 6) is -1.31. The Morgan fingerprint density at radius 1 is 1.35 bits per heavy atom. The number of hydrogen-bond donors (Lipinski definition) is 3. The van der Waals surface area contributed by atoms with E-state index in [1.165, 1.54) is 0 Å². The molecule has 5 nitrogen and oxygen atoms in total. The van der Waals surface area contributed by atoms with E-state index < -0.39 is 18.0 Å². The van der Waals surface area contributed by atoms with Crippen LogP contribution in [-0.4, -0.2) is 40.2 Å². The Hall–Kier alpha value is -0.980. The average molecular weight is 280 g/mol. The van der Waals surface area contributed by atoms with E-state index in [1.54, 1.807) is 0 Å². The molecule has 1 aromatic carbocycles. The molecule has 1 aromatic rings. The third-order valence-electron chi connectivity index (χ3n) is 4.13. The fourth-order valence-corrected chi connectivity index (χ4v) is 3.12. The van der Waals surface area contributed by atoms with Gasteiger partial charge in [-0.1, -0.05) is 23.8 Å². The van der Waals surface area contributed by atoms with Crippen LogP contribution in [0, 0.1) is 6.92 Å². The standard InChI is InChI=1S/C15H20O5/c1-9-2-3-12-10(6-9)8-19-15(12)14(18)13(17)7-11(20-15)4-5-16/h2-3,6,11,13-14,16-18H,4-5,7-8H2,1H3/t11-,13+,14-,15-/m1/s1. The van der Waals surface area contributed by atoms with Crippen molar-refractivity contribution in [3.05, 3.63) is 34.9 Å². The maximum atomic E-state index is 10.4. The Morgan fingerprint density at radius 3 is 2.90 bits per heavy atom. The fraction of sp³-hybridized carbons (Fsp3) is 0.600. The molecule has 0 radical (unpaired) electrons. The van der Waals surface area contributed by atoms with E-state index >= 15 is 0 Å². The first-order valence-corrected chi connectivity index (χ1v) is 6.95. The summed E-state index contributed by atoms with van der Waals surface area (Å²) in [6.07, 6.45) is -1.66. The summed E-state index contributed by atoms with van der Waals surface area (Å²) in [7, 11) is 0. The van der Waals surface area contributed by atoms with Gasteiger partial charge in [-0.25, -0.2) is 0 Å². The highest BCUT2D eigenvalue weighted by atomic mass is 16.7. The van der Waals surface area contributed by atoms with Crippen LogP contribution in [0.4, 0.5) is 0 Å². The lowest BCUT2D eigenvalue weighted by molar-refractivity contribution is -0.345. The summed E-state index contributed by atoms with van der Waals surface area (Å²) in [6.45, 7) is 2.32. The lowest BCUT2D eigenvalue weighted by atomic mass is 9.88. The number of ether oxygens (including phenoxy) is 2. The molecule has 3 rings (SSSR count). The van der Waals surface area contributed by atoms with Gasteiger partial charge in [0.2, 0.25) is 5.79 Å². The van der Waals surface area contributed by atoms with Gasteiger partial charge in [0, 0.05) is 18.6 Å². The monoisotopic (exact) mass is 280 g/mol. The third kappa shape index (κ3) is 2.06. The van der Waals surface area contributed by atoms with Crippen LogP contribution in [-0.2, 0) is 21.9 Å². The van der Waals surface area contributed by atoms with Crippen molar-refractivity contribution in [2.45, 2.75) is 50.5 Å². The SMILES string of the molecule is Cc1ccc2c(c1)CO[C@@]21O[C@H](CCO)C[C@H](O)[C@H]1O. The molecule has 5 heteroatoms. The van der Waals surface area contributed by atoms with Gasteiger partial charge in [-0.3, -0.25) is 0 Å². The van der Waals surface area contributed by atoms with Crippen LogP contribution in [0.15, 0.2) is 18.2 Å². The Morgan fingerprint density at radius 2 is 2.15 bits per heavy atom. The zero-order valence-corrected chi connectivity index (χ0v) is 11.5. The topological polar surface area (TPSA) is 79.2 Å². The first-order chi connectivity index (χ1) is 9.56. The molecule has 1 saturated heterocycles. The van der Waals surface area contributed by atoms with Crippen molar-refractivity contribution in [1.29, 1.82) is 0 Å². The molecule has 0 saturated carbocycles. The molecule has 2 heterocycles. The van der Waals surface area contributed by atoms with E-state index in [1.807, 2.05) is 25.1 Å². The molecule has 0 aliphatic carbocycles. The number of benzene rings is 1. The average Bonchev–Trinajstić information content (AvgIpc) is 2.75. The van der Waals surface area contributed by atoms with Crippen LogP contribution in [0.5, 0.6) is 0 Å². The molecule has 4 atom stereocenters. The molecule has 110 valence electrons. The summed E-state index contributed by atoms with van der Waals surface area (Å²) >= 11 is 0. The zero-order valence-electron chi connectivity index (χ0n) is 11.5. The molecule has 2 aliphatic heterocycles. The quantitative estimate of drug-likeness (QED) is 0.738. The number of aliphatic hydroxyl groups is 3. The highest BCUT2D eigenvalue weighted by molar-refractivity contribution is 5.38. The summed E-state index contributed by atoms with van der Waals surface area (Å²) in [4.78, 5) is 0. The van der Waals surface area contributed by atoms with Crippen LogP contribution < -0.4 is 0 Å². The van der Waals surface area contributed by atoms with Crippen molar-refractivity contribution in [2.75, 3.05) is 6.61 Å². The van der Waals surface area contributed by atoms with Crippen molar-refractivity contribution in [3.63, 3.8) is 0 Å². The van der Waals surface area contributed by atoms with E-state index in [0.29, 0.717) is 19.4 Å². The van der Waals surface area contributed by atoms with Gasteiger partial charge >= 0.3 is 0 Å². The molecular formula is C15H20O5. The Kier molecular flexibility index (Phi) is 3.56. The number of rotatable bonds is 2. The smallest absolute Gasteiger partial charge is 0.225 e. The molecule has 1 spiro atoms. The largest absolute Gasteiger partial charge is 0.396 e. The highest BCUT2D eigenvalue weighted by Gasteiger charge is 2.54. The summed E-state index contributed by atoms with van der Waals surface area (Å²) in [6, 6.07) is 5.82. The van der Waals surface area contributed by atoms with Crippen LogP contribution in [0.3, 0.4) is 0 Å². The van der Waals surface area contributed by atoms with Gasteiger partial charge in [-0.05, 0) is 18.9 Å². The molecule has 3 N–H and O–H groups in total. The fourth-order valence-electron chi connectivity index (χ4n) is 3.12.